The second-order valence-electron chi connectivity index (χ2n) is 6.63. The van der Waals surface area contributed by atoms with Crippen LogP contribution in [0.15, 0.2) is 48.7 Å². The lowest BCUT2D eigenvalue weighted by Gasteiger charge is -2.31. The van der Waals surface area contributed by atoms with E-state index in [0.717, 1.165) is 13.0 Å². The summed E-state index contributed by atoms with van der Waals surface area (Å²) >= 11 is 0. The Balaban J connectivity index is 1.64. The van der Waals surface area contributed by atoms with Gasteiger partial charge in [0, 0.05) is 30.9 Å². The number of rotatable bonds is 3. The number of benzene rings is 2. The van der Waals surface area contributed by atoms with E-state index >= 15 is 0 Å². The molecule has 2 aromatic carbocycles. The normalized spacial score (nSPS) is 17.6. The average molecular weight is 305 g/mol. The number of hydrogen-bond donors (Lipinski definition) is 0. The third-order valence-corrected chi connectivity index (χ3v) is 5.18. The first-order chi connectivity index (χ1) is 11.2. The third-order valence-electron chi connectivity index (χ3n) is 5.18. The molecule has 1 aromatic heterocycles. The van der Waals surface area contributed by atoms with Crippen molar-refractivity contribution >= 4 is 10.8 Å². The monoisotopic (exact) mass is 305 g/mol. The molecule has 3 aromatic rings. The molecule has 23 heavy (non-hydrogen) atoms. The van der Waals surface area contributed by atoms with Gasteiger partial charge in [-0.15, -0.1) is 0 Å². The van der Waals surface area contributed by atoms with Gasteiger partial charge in [0.25, 0.3) is 0 Å². The summed E-state index contributed by atoms with van der Waals surface area (Å²) in [6, 6.07) is 15.8. The Morgan fingerprint density at radius 1 is 1.17 bits per heavy atom. The van der Waals surface area contributed by atoms with Crippen molar-refractivity contribution in [1.82, 2.24) is 14.7 Å². The van der Waals surface area contributed by atoms with Crippen molar-refractivity contribution in [1.29, 1.82) is 0 Å². The molecule has 4 rings (SSSR count). The molecule has 3 heteroatoms. The maximum atomic E-state index is 4.48. The van der Waals surface area contributed by atoms with Crippen LogP contribution in [-0.2, 0) is 20.0 Å². The van der Waals surface area contributed by atoms with E-state index in [1.807, 2.05) is 4.68 Å². The fourth-order valence-electron chi connectivity index (χ4n) is 3.95. The van der Waals surface area contributed by atoms with Crippen LogP contribution in [0.1, 0.15) is 35.7 Å². The first-order valence-electron chi connectivity index (χ1n) is 8.41. The Morgan fingerprint density at radius 3 is 2.91 bits per heavy atom. The van der Waals surface area contributed by atoms with Crippen LogP contribution in [0.3, 0.4) is 0 Å². The number of fused-ring (bicyclic) bond motifs is 2. The summed E-state index contributed by atoms with van der Waals surface area (Å²) in [6.07, 6.45) is 5.69. The average Bonchev–Trinajstić information content (AvgIpc) is 2.96. The highest BCUT2D eigenvalue weighted by atomic mass is 15.3. The SMILES string of the molecule is CN(Cc1cccc2ccccc12)[C@@H]1CCCc2c1cnn2C. The highest BCUT2D eigenvalue weighted by molar-refractivity contribution is 5.85. The van der Waals surface area contributed by atoms with Gasteiger partial charge in [0.2, 0.25) is 0 Å². The van der Waals surface area contributed by atoms with E-state index in [2.05, 4.69) is 72.8 Å². The summed E-state index contributed by atoms with van der Waals surface area (Å²) < 4.78 is 2.05. The van der Waals surface area contributed by atoms with Crippen molar-refractivity contribution in [2.45, 2.75) is 31.8 Å². The number of hydrogen-bond acceptors (Lipinski definition) is 2. The zero-order valence-corrected chi connectivity index (χ0v) is 13.9. The van der Waals surface area contributed by atoms with Gasteiger partial charge in [-0.2, -0.15) is 5.10 Å². The Hall–Kier alpha value is -2.13. The molecule has 1 aliphatic rings. The van der Waals surface area contributed by atoms with E-state index in [1.165, 1.54) is 40.4 Å². The largest absolute Gasteiger partial charge is 0.295 e. The quantitative estimate of drug-likeness (QED) is 0.727. The van der Waals surface area contributed by atoms with Crippen molar-refractivity contribution < 1.29 is 0 Å². The van der Waals surface area contributed by atoms with E-state index < -0.39 is 0 Å². The van der Waals surface area contributed by atoms with Gasteiger partial charge in [-0.1, -0.05) is 42.5 Å². The van der Waals surface area contributed by atoms with Crippen LogP contribution in [0, 0.1) is 0 Å². The molecule has 0 radical (unpaired) electrons. The molecular formula is C20H23N3. The van der Waals surface area contributed by atoms with Crippen LogP contribution in [-0.4, -0.2) is 21.7 Å². The van der Waals surface area contributed by atoms with Gasteiger partial charge in [-0.3, -0.25) is 9.58 Å². The lowest BCUT2D eigenvalue weighted by molar-refractivity contribution is 0.213. The van der Waals surface area contributed by atoms with Crippen molar-refractivity contribution in [2.24, 2.45) is 7.05 Å². The summed E-state index contributed by atoms with van der Waals surface area (Å²) in [4.78, 5) is 2.49. The van der Waals surface area contributed by atoms with Crippen LogP contribution in [0.5, 0.6) is 0 Å². The molecule has 0 aliphatic heterocycles. The second kappa shape index (κ2) is 5.82. The minimum absolute atomic E-state index is 0.478. The van der Waals surface area contributed by atoms with Crippen molar-refractivity contribution in [3.8, 4) is 0 Å². The summed E-state index contributed by atoms with van der Waals surface area (Å²) in [7, 11) is 4.31. The fraction of sp³-hybridized carbons (Fsp3) is 0.350. The first-order valence-corrected chi connectivity index (χ1v) is 8.41. The molecule has 0 saturated heterocycles. The molecule has 0 N–H and O–H groups in total. The summed E-state index contributed by atoms with van der Waals surface area (Å²) in [5.41, 5.74) is 4.23. The molecule has 1 aliphatic carbocycles. The van der Waals surface area contributed by atoms with Crippen LogP contribution < -0.4 is 0 Å². The maximum Gasteiger partial charge on any atom is 0.0540 e. The number of aromatic nitrogens is 2. The van der Waals surface area contributed by atoms with Gasteiger partial charge in [0.05, 0.1) is 6.20 Å². The topological polar surface area (TPSA) is 21.1 Å². The number of nitrogens with zero attached hydrogens (tertiary/aromatic N) is 3. The predicted octanol–water partition coefficient (Wildman–Crippen LogP) is 4.08. The molecule has 0 saturated carbocycles. The minimum Gasteiger partial charge on any atom is -0.295 e. The van der Waals surface area contributed by atoms with Gasteiger partial charge in [0.1, 0.15) is 0 Å². The number of aryl methyl sites for hydroxylation is 1. The maximum absolute atomic E-state index is 4.48. The predicted molar refractivity (Wildman–Crippen MR) is 94.3 cm³/mol. The van der Waals surface area contributed by atoms with E-state index in [-0.39, 0.29) is 0 Å². The highest BCUT2D eigenvalue weighted by Crippen LogP contribution is 2.34. The minimum atomic E-state index is 0.478. The van der Waals surface area contributed by atoms with Gasteiger partial charge in [-0.05, 0) is 42.6 Å². The van der Waals surface area contributed by atoms with Crippen LogP contribution in [0.25, 0.3) is 10.8 Å². The molecule has 0 amide bonds. The Morgan fingerprint density at radius 2 is 2.00 bits per heavy atom. The molecule has 1 atom stereocenters. The molecule has 0 spiro atoms. The van der Waals surface area contributed by atoms with E-state index in [1.54, 1.807) is 0 Å². The zero-order valence-electron chi connectivity index (χ0n) is 13.9. The van der Waals surface area contributed by atoms with E-state index in [4.69, 9.17) is 0 Å². The van der Waals surface area contributed by atoms with Crippen LogP contribution >= 0.6 is 0 Å². The third kappa shape index (κ3) is 2.55. The molecular weight excluding hydrogens is 282 g/mol. The molecule has 0 unspecified atom stereocenters. The Labute approximate surface area is 137 Å². The molecule has 1 heterocycles. The van der Waals surface area contributed by atoms with Crippen LogP contribution in [0.4, 0.5) is 0 Å². The highest BCUT2D eigenvalue weighted by Gasteiger charge is 2.26. The van der Waals surface area contributed by atoms with Gasteiger partial charge in [0.15, 0.2) is 0 Å². The molecule has 0 bridgehead atoms. The van der Waals surface area contributed by atoms with Crippen molar-refractivity contribution in [3.63, 3.8) is 0 Å². The lowest BCUT2D eigenvalue weighted by Crippen LogP contribution is -2.27. The fourth-order valence-corrected chi connectivity index (χ4v) is 3.95. The summed E-state index contributed by atoms with van der Waals surface area (Å²) in [5, 5.41) is 7.17. The van der Waals surface area contributed by atoms with Gasteiger partial charge >= 0.3 is 0 Å². The first kappa shape index (κ1) is 14.5. The zero-order chi connectivity index (χ0) is 15.8. The molecule has 0 fully saturated rings. The summed E-state index contributed by atoms with van der Waals surface area (Å²) in [6.45, 7) is 0.973. The van der Waals surface area contributed by atoms with E-state index in [0.29, 0.717) is 6.04 Å². The smallest absolute Gasteiger partial charge is 0.0540 e. The van der Waals surface area contributed by atoms with Gasteiger partial charge in [-0.25, -0.2) is 0 Å². The van der Waals surface area contributed by atoms with Crippen molar-refractivity contribution in [3.05, 3.63) is 65.5 Å². The van der Waals surface area contributed by atoms with E-state index in [9.17, 15) is 0 Å². The van der Waals surface area contributed by atoms with Gasteiger partial charge < -0.3 is 0 Å². The second-order valence-corrected chi connectivity index (χ2v) is 6.63. The standard InChI is InChI=1S/C20H23N3/c1-22(19-11-6-12-20-18(19)13-21-23(20)2)14-16-9-5-8-15-7-3-4-10-17(15)16/h3-5,7-10,13,19H,6,11-12,14H2,1-2H3/t19-/m1/s1. The Kier molecular flexibility index (Phi) is 3.66. The lowest BCUT2D eigenvalue weighted by atomic mass is 9.91. The Bertz CT molecular complexity index is 829. The summed E-state index contributed by atoms with van der Waals surface area (Å²) in [5.74, 6) is 0. The van der Waals surface area contributed by atoms with Crippen molar-refractivity contribution in [2.75, 3.05) is 7.05 Å². The molecule has 3 nitrogen and oxygen atoms in total. The molecule has 118 valence electrons. The van der Waals surface area contributed by atoms with Crippen LogP contribution in [0.2, 0.25) is 0 Å².